The van der Waals surface area contributed by atoms with E-state index in [1.807, 2.05) is 11.8 Å². The van der Waals surface area contributed by atoms with Crippen LogP contribution in [0.5, 0.6) is 5.75 Å². The van der Waals surface area contributed by atoms with E-state index in [0.717, 1.165) is 18.6 Å². The molecule has 154 valence electrons. The molecule has 2 aliphatic heterocycles. The normalized spacial score (nSPS) is 23.2. The zero-order valence-corrected chi connectivity index (χ0v) is 16.2. The molecule has 28 heavy (non-hydrogen) atoms. The third-order valence-electron chi connectivity index (χ3n) is 5.08. The number of aliphatic hydroxyl groups is 2. The van der Waals surface area contributed by atoms with Gasteiger partial charge in [0.25, 0.3) is 0 Å². The second-order valence-corrected chi connectivity index (χ2v) is 8.17. The number of ether oxygens (including phenoxy) is 1. The van der Waals surface area contributed by atoms with E-state index in [4.69, 9.17) is 4.74 Å². The third-order valence-corrected chi connectivity index (χ3v) is 6.59. The van der Waals surface area contributed by atoms with Gasteiger partial charge in [0, 0.05) is 34.7 Å². The van der Waals surface area contributed by atoms with Crippen molar-refractivity contribution in [3.05, 3.63) is 23.0 Å². The quantitative estimate of drug-likeness (QED) is 0.225. The zero-order valence-electron chi connectivity index (χ0n) is 15.4. The summed E-state index contributed by atoms with van der Waals surface area (Å²) in [6.45, 7) is -0.983. The minimum absolute atomic E-state index is 0.0999. The van der Waals surface area contributed by atoms with Gasteiger partial charge in [-0.05, 0) is 12.8 Å². The lowest BCUT2D eigenvalue weighted by Crippen LogP contribution is -2.36. The number of esters is 1. The van der Waals surface area contributed by atoms with E-state index >= 15 is 0 Å². The van der Waals surface area contributed by atoms with E-state index < -0.39 is 6.61 Å². The summed E-state index contributed by atoms with van der Waals surface area (Å²) in [5.74, 6) is 0.269. The first-order chi connectivity index (χ1) is 13.5. The highest BCUT2D eigenvalue weighted by molar-refractivity contribution is 8.00. The minimum atomic E-state index is -0.442. The van der Waals surface area contributed by atoms with Crippen LogP contribution in [0.15, 0.2) is 6.20 Å². The molecule has 5 N–H and O–H groups in total. The van der Waals surface area contributed by atoms with Crippen molar-refractivity contribution in [1.82, 2.24) is 15.6 Å². The zero-order chi connectivity index (χ0) is 20.1. The van der Waals surface area contributed by atoms with Gasteiger partial charge in [-0.3, -0.25) is 9.78 Å². The molecule has 0 spiro atoms. The van der Waals surface area contributed by atoms with Crippen LogP contribution in [-0.4, -0.2) is 55.4 Å². The number of pyridine rings is 1. The molecule has 0 aliphatic carbocycles. The molecule has 2 aliphatic rings. The molecule has 0 bridgehead atoms. The average Bonchev–Trinajstić information content (AvgIpc) is 3.23. The molecule has 2 fully saturated rings. The average molecular weight is 411 g/mol. The Morgan fingerprint density at radius 2 is 2.11 bits per heavy atom. The maximum atomic E-state index is 11.9. The molecule has 9 nitrogen and oxygen atoms in total. The number of amides is 2. The summed E-state index contributed by atoms with van der Waals surface area (Å²) in [7, 11) is 0. The molecule has 0 radical (unpaired) electrons. The monoisotopic (exact) mass is 411 g/mol. The second kappa shape index (κ2) is 9.44. The number of carbonyl (C=O) groups excluding carboxylic acids is 2. The summed E-state index contributed by atoms with van der Waals surface area (Å²) in [4.78, 5) is 27.3. The second-order valence-electron chi connectivity index (χ2n) is 6.90. The SMILES string of the molecule is O=C1N[C@H]2[C@H](CS[C@H]2CCCCC(=O)OCc2ncc(CO)c(CO)c2O)N1. The van der Waals surface area contributed by atoms with Crippen LogP contribution in [0.3, 0.4) is 0 Å². The predicted molar refractivity (Wildman–Crippen MR) is 102 cm³/mol. The Balaban J connectivity index is 1.38. The third kappa shape index (κ3) is 4.68. The number of urea groups is 1. The van der Waals surface area contributed by atoms with Gasteiger partial charge < -0.3 is 30.7 Å². The van der Waals surface area contributed by atoms with Crippen molar-refractivity contribution in [2.24, 2.45) is 0 Å². The molecular formula is C18H25N3O6S. The molecule has 3 rings (SSSR count). The number of rotatable bonds is 9. The van der Waals surface area contributed by atoms with E-state index in [2.05, 4.69) is 15.6 Å². The number of thioether (sulfide) groups is 1. The lowest BCUT2D eigenvalue weighted by molar-refractivity contribution is -0.145. The fraction of sp³-hybridized carbons (Fsp3) is 0.611. The fourth-order valence-corrected chi connectivity index (χ4v) is 5.06. The van der Waals surface area contributed by atoms with E-state index in [-0.39, 0.29) is 60.7 Å². The largest absolute Gasteiger partial charge is 0.506 e. The van der Waals surface area contributed by atoms with Gasteiger partial charge in [0.1, 0.15) is 18.1 Å². The molecule has 2 amide bonds. The van der Waals surface area contributed by atoms with Gasteiger partial charge in [-0.1, -0.05) is 6.42 Å². The van der Waals surface area contributed by atoms with Crippen LogP contribution in [0.4, 0.5) is 4.79 Å². The number of aromatic hydroxyl groups is 1. The number of carbonyl (C=O) groups is 2. The maximum Gasteiger partial charge on any atom is 0.315 e. The number of nitrogens with zero attached hydrogens (tertiary/aromatic N) is 1. The molecule has 2 saturated heterocycles. The number of fused-ring (bicyclic) bond motifs is 1. The van der Waals surface area contributed by atoms with Crippen molar-refractivity contribution in [2.75, 3.05) is 5.75 Å². The van der Waals surface area contributed by atoms with Crippen molar-refractivity contribution < 1.29 is 29.6 Å². The number of aliphatic hydroxyl groups excluding tert-OH is 2. The van der Waals surface area contributed by atoms with Crippen LogP contribution in [0.2, 0.25) is 0 Å². The number of unbranched alkanes of at least 4 members (excludes halogenated alkanes) is 1. The minimum Gasteiger partial charge on any atom is -0.506 e. The van der Waals surface area contributed by atoms with Crippen LogP contribution >= 0.6 is 11.8 Å². The van der Waals surface area contributed by atoms with E-state index in [1.165, 1.54) is 6.20 Å². The van der Waals surface area contributed by atoms with Gasteiger partial charge in [-0.2, -0.15) is 11.8 Å². The summed E-state index contributed by atoms with van der Waals surface area (Å²) >= 11 is 1.84. The Kier molecular flexibility index (Phi) is 6.97. The molecular weight excluding hydrogens is 386 g/mol. The highest BCUT2D eigenvalue weighted by Crippen LogP contribution is 2.33. The smallest absolute Gasteiger partial charge is 0.315 e. The van der Waals surface area contributed by atoms with Gasteiger partial charge in [0.15, 0.2) is 0 Å². The summed E-state index contributed by atoms with van der Waals surface area (Å²) in [6.07, 6.45) is 4.07. The van der Waals surface area contributed by atoms with Crippen molar-refractivity contribution in [2.45, 2.75) is 62.8 Å². The molecule has 0 aromatic carbocycles. The fourth-order valence-electron chi connectivity index (χ4n) is 3.52. The van der Waals surface area contributed by atoms with Crippen LogP contribution in [-0.2, 0) is 29.4 Å². The molecule has 10 heteroatoms. The Morgan fingerprint density at radius 3 is 2.86 bits per heavy atom. The number of hydrogen-bond acceptors (Lipinski definition) is 8. The Labute approximate surface area is 166 Å². The van der Waals surface area contributed by atoms with E-state index in [1.54, 1.807) is 0 Å². The molecule has 3 atom stereocenters. The molecule has 1 aromatic heterocycles. The standard InChI is InChI=1S/C18H25N3O6S/c22-6-10-5-19-12(17(25)11(10)7-23)8-27-15(24)4-2-1-3-14-16-13(9-28-14)20-18(26)21-16/h5,13-14,16,22-23,25H,1-4,6-9H2,(H2,20,21,26)/t13-,14-,16-/m0/s1. The van der Waals surface area contributed by atoms with Gasteiger partial charge >= 0.3 is 12.0 Å². The highest BCUT2D eigenvalue weighted by Gasteiger charge is 2.42. The first-order valence-electron chi connectivity index (χ1n) is 9.28. The highest BCUT2D eigenvalue weighted by atomic mass is 32.2. The predicted octanol–water partition coefficient (Wildman–Crippen LogP) is 0.541. The van der Waals surface area contributed by atoms with Gasteiger partial charge in [0.05, 0.1) is 25.3 Å². The van der Waals surface area contributed by atoms with Crippen LogP contribution in [0.1, 0.15) is 42.5 Å². The van der Waals surface area contributed by atoms with Gasteiger partial charge in [-0.25, -0.2) is 4.79 Å². The van der Waals surface area contributed by atoms with Crippen molar-refractivity contribution in [3.8, 4) is 5.75 Å². The number of nitrogens with one attached hydrogen (secondary N) is 2. The van der Waals surface area contributed by atoms with Crippen molar-refractivity contribution in [3.63, 3.8) is 0 Å². The molecule has 0 unspecified atom stereocenters. The van der Waals surface area contributed by atoms with Gasteiger partial charge in [0.2, 0.25) is 0 Å². The van der Waals surface area contributed by atoms with Crippen molar-refractivity contribution in [1.29, 1.82) is 0 Å². The lowest BCUT2D eigenvalue weighted by atomic mass is 10.0. The summed E-state index contributed by atoms with van der Waals surface area (Å²) in [5, 5.41) is 34.8. The maximum absolute atomic E-state index is 11.9. The molecule has 0 saturated carbocycles. The number of hydrogen-bond donors (Lipinski definition) is 5. The van der Waals surface area contributed by atoms with Gasteiger partial charge in [-0.15, -0.1) is 0 Å². The topological polar surface area (TPSA) is 141 Å². The number of aromatic nitrogens is 1. The lowest BCUT2D eigenvalue weighted by Gasteiger charge is -2.16. The Morgan fingerprint density at radius 1 is 1.29 bits per heavy atom. The summed E-state index contributed by atoms with van der Waals surface area (Å²) in [6, 6.07) is 0.270. The van der Waals surface area contributed by atoms with Crippen LogP contribution in [0, 0.1) is 0 Å². The van der Waals surface area contributed by atoms with E-state index in [9.17, 15) is 24.9 Å². The van der Waals surface area contributed by atoms with E-state index in [0.29, 0.717) is 17.2 Å². The van der Waals surface area contributed by atoms with Crippen molar-refractivity contribution >= 4 is 23.8 Å². The van der Waals surface area contributed by atoms with Crippen LogP contribution in [0.25, 0.3) is 0 Å². The summed E-state index contributed by atoms with van der Waals surface area (Å²) < 4.78 is 5.16. The first-order valence-corrected chi connectivity index (χ1v) is 10.3. The molecule has 1 aromatic rings. The molecule has 3 heterocycles. The summed E-state index contributed by atoms with van der Waals surface area (Å²) in [5.41, 5.74) is 0.660. The Bertz CT molecular complexity index is 732. The van der Waals surface area contributed by atoms with Crippen LogP contribution < -0.4 is 10.6 Å². The Hall–Kier alpha value is -2.04. The first kappa shape index (κ1) is 20.7.